The third-order valence-corrected chi connectivity index (χ3v) is 6.82. The van der Waals surface area contributed by atoms with Crippen molar-refractivity contribution in [2.75, 3.05) is 11.4 Å². The van der Waals surface area contributed by atoms with Crippen LogP contribution in [0, 0.1) is 0 Å². The zero-order valence-corrected chi connectivity index (χ0v) is 18.5. The van der Waals surface area contributed by atoms with Crippen LogP contribution in [0.5, 0.6) is 0 Å². The van der Waals surface area contributed by atoms with Crippen molar-refractivity contribution >= 4 is 11.5 Å². The number of aryl methyl sites for hydroxylation is 1. The van der Waals surface area contributed by atoms with Gasteiger partial charge in [0.2, 0.25) is 0 Å². The number of hydrogen-bond acceptors (Lipinski definition) is 6. The van der Waals surface area contributed by atoms with Crippen LogP contribution in [0.2, 0.25) is 0 Å². The van der Waals surface area contributed by atoms with Gasteiger partial charge in [0.25, 0.3) is 0 Å². The second-order valence-electron chi connectivity index (χ2n) is 9.21. The minimum absolute atomic E-state index is 0.544. The largest absolute Gasteiger partial charge is 0.445 e. The van der Waals surface area contributed by atoms with E-state index in [4.69, 9.17) is 14.4 Å². The standard InChI is InChI=1S/C26H24N6O/c1-31-14-20(13-29-31)17-4-5-19-12-28-25(21(19)10-17)18-6-8-27-24(11-18)32-9-7-23-22(15-32)30-26(33-23)16-2-3-16/h4-6,8,10-11,13-14,16H,2-3,7,9,12,15H2,1H3. The molecule has 33 heavy (non-hydrogen) atoms. The maximum Gasteiger partial charge on any atom is 0.197 e. The Morgan fingerprint density at radius 1 is 1.06 bits per heavy atom. The Morgan fingerprint density at radius 3 is 2.85 bits per heavy atom. The molecule has 0 atom stereocenters. The number of aliphatic imine (C=N–C) groups is 1. The van der Waals surface area contributed by atoms with Crippen LogP contribution in [0.1, 0.15) is 52.8 Å². The summed E-state index contributed by atoms with van der Waals surface area (Å²) in [5.74, 6) is 3.50. The first kappa shape index (κ1) is 18.8. The number of fused-ring (bicyclic) bond motifs is 2. The van der Waals surface area contributed by atoms with E-state index in [2.05, 4.69) is 45.3 Å². The molecular formula is C26H24N6O. The molecule has 0 saturated heterocycles. The molecule has 3 aliphatic rings. The zero-order valence-electron chi connectivity index (χ0n) is 18.5. The third-order valence-electron chi connectivity index (χ3n) is 6.82. The van der Waals surface area contributed by atoms with Crippen LogP contribution in [0.4, 0.5) is 5.82 Å². The van der Waals surface area contributed by atoms with Crippen LogP contribution in [0.15, 0.2) is 58.3 Å². The van der Waals surface area contributed by atoms with Crippen LogP contribution in [-0.4, -0.2) is 32.0 Å². The number of rotatable bonds is 4. The molecule has 1 aliphatic carbocycles. The van der Waals surface area contributed by atoms with Crippen molar-refractivity contribution < 1.29 is 4.42 Å². The fourth-order valence-corrected chi connectivity index (χ4v) is 4.84. The van der Waals surface area contributed by atoms with E-state index in [-0.39, 0.29) is 0 Å². The normalized spacial score (nSPS) is 17.1. The molecular weight excluding hydrogens is 412 g/mol. The van der Waals surface area contributed by atoms with Crippen molar-refractivity contribution in [2.45, 2.75) is 38.3 Å². The fourth-order valence-electron chi connectivity index (χ4n) is 4.84. The molecule has 0 N–H and O–H groups in total. The minimum Gasteiger partial charge on any atom is -0.445 e. The monoisotopic (exact) mass is 436 g/mol. The molecule has 5 heterocycles. The number of hydrogen-bond donors (Lipinski definition) is 0. The molecule has 3 aromatic heterocycles. The molecule has 164 valence electrons. The summed E-state index contributed by atoms with van der Waals surface area (Å²) in [6, 6.07) is 10.8. The van der Waals surface area contributed by atoms with Gasteiger partial charge in [-0.05, 0) is 42.2 Å². The average molecular weight is 437 g/mol. The molecule has 7 rings (SSSR count). The Kier molecular flexibility index (Phi) is 4.06. The zero-order chi connectivity index (χ0) is 21.9. The van der Waals surface area contributed by atoms with E-state index in [1.807, 2.05) is 30.3 Å². The molecule has 7 heteroatoms. The number of anilines is 1. The number of nitrogens with zero attached hydrogens (tertiary/aromatic N) is 6. The first-order valence-corrected chi connectivity index (χ1v) is 11.6. The van der Waals surface area contributed by atoms with Crippen molar-refractivity contribution in [1.82, 2.24) is 19.7 Å². The highest BCUT2D eigenvalue weighted by molar-refractivity contribution is 6.15. The fraction of sp³-hybridized carbons (Fsp3) is 0.308. The van der Waals surface area contributed by atoms with E-state index in [0.29, 0.717) is 12.5 Å². The first-order valence-electron chi connectivity index (χ1n) is 11.6. The van der Waals surface area contributed by atoms with Gasteiger partial charge >= 0.3 is 0 Å². The molecule has 2 aliphatic heterocycles. The van der Waals surface area contributed by atoms with Gasteiger partial charge in [-0.2, -0.15) is 5.10 Å². The van der Waals surface area contributed by atoms with E-state index < -0.39 is 0 Å². The predicted molar refractivity (Wildman–Crippen MR) is 125 cm³/mol. The van der Waals surface area contributed by atoms with Gasteiger partial charge in [-0.15, -0.1) is 0 Å². The summed E-state index contributed by atoms with van der Waals surface area (Å²) in [5.41, 5.74) is 7.94. The van der Waals surface area contributed by atoms with Gasteiger partial charge in [-0.3, -0.25) is 9.67 Å². The minimum atomic E-state index is 0.544. The van der Waals surface area contributed by atoms with Crippen LogP contribution in [-0.2, 0) is 26.6 Å². The molecule has 1 saturated carbocycles. The molecule has 7 nitrogen and oxygen atoms in total. The topological polar surface area (TPSA) is 72.3 Å². The molecule has 1 fully saturated rings. The molecule has 0 radical (unpaired) electrons. The quantitative estimate of drug-likeness (QED) is 0.478. The van der Waals surface area contributed by atoms with Gasteiger partial charge in [0.15, 0.2) is 5.89 Å². The first-order chi connectivity index (χ1) is 16.2. The summed E-state index contributed by atoms with van der Waals surface area (Å²) in [6.45, 7) is 2.35. The van der Waals surface area contributed by atoms with Crippen molar-refractivity contribution in [1.29, 1.82) is 0 Å². The molecule has 0 spiro atoms. The van der Waals surface area contributed by atoms with Crippen LogP contribution in [0.25, 0.3) is 11.1 Å². The van der Waals surface area contributed by atoms with Crippen molar-refractivity contribution in [2.24, 2.45) is 12.0 Å². The van der Waals surface area contributed by atoms with Crippen LogP contribution < -0.4 is 4.90 Å². The summed E-state index contributed by atoms with van der Waals surface area (Å²) >= 11 is 0. The lowest BCUT2D eigenvalue weighted by Gasteiger charge is -2.26. The van der Waals surface area contributed by atoms with Crippen LogP contribution >= 0.6 is 0 Å². The van der Waals surface area contributed by atoms with Crippen molar-refractivity contribution in [3.63, 3.8) is 0 Å². The summed E-state index contributed by atoms with van der Waals surface area (Å²) in [7, 11) is 1.94. The van der Waals surface area contributed by atoms with Crippen LogP contribution in [0.3, 0.4) is 0 Å². The second-order valence-corrected chi connectivity index (χ2v) is 9.21. The van der Waals surface area contributed by atoms with Gasteiger partial charge in [0, 0.05) is 55.0 Å². The molecule has 0 unspecified atom stereocenters. The number of pyridine rings is 1. The summed E-state index contributed by atoms with van der Waals surface area (Å²) < 4.78 is 7.86. The maximum atomic E-state index is 6.02. The Balaban J connectivity index is 1.18. The van der Waals surface area contributed by atoms with Gasteiger partial charge in [-0.1, -0.05) is 12.1 Å². The highest BCUT2D eigenvalue weighted by Crippen LogP contribution is 2.41. The van der Waals surface area contributed by atoms with Crippen molar-refractivity contribution in [3.05, 3.63) is 83.0 Å². The summed E-state index contributed by atoms with van der Waals surface area (Å²) in [4.78, 5) is 16.7. The van der Waals surface area contributed by atoms with E-state index in [1.54, 1.807) is 0 Å². The van der Waals surface area contributed by atoms with Gasteiger partial charge in [0.1, 0.15) is 17.3 Å². The second kappa shape index (κ2) is 7.13. The average Bonchev–Trinajstić information content (AvgIpc) is 3.25. The van der Waals surface area contributed by atoms with Gasteiger partial charge in [-0.25, -0.2) is 9.97 Å². The van der Waals surface area contributed by atoms with Gasteiger partial charge in [0.05, 0.1) is 25.0 Å². The summed E-state index contributed by atoms with van der Waals surface area (Å²) in [5, 5.41) is 4.32. The van der Waals surface area contributed by atoms with E-state index >= 15 is 0 Å². The summed E-state index contributed by atoms with van der Waals surface area (Å²) in [6.07, 6.45) is 9.13. The molecule has 1 aromatic carbocycles. The highest BCUT2D eigenvalue weighted by atomic mass is 16.4. The maximum absolute atomic E-state index is 6.02. The molecule has 4 aromatic rings. The van der Waals surface area contributed by atoms with E-state index in [1.165, 1.54) is 24.0 Å². The smallest absolute Gasteiger partial charge is 0.197 e. The molecule has 0 bridgehead atoms. The van der Waals surface area contributed by atoms with Crippen molar-refractivity contribution in [3.8, 4) is 11.1 Å². The number of benzene rings is 1. The Labute approximate surface area is 191 Å². The van der Waals surface area contributed by atoms with Gasteiger partial charge < -0.3 is 9.32 Å². The Hall–Kier alpha value is -3.74. The lowest BCUT2D eigenvalue weighted by atomic mass is 9.96. The Morgan fingerprint density at radius 2 is 2.00 bits per heavy atom. The third kappa shape index (κ3) is 3.26. The lowest BCUT2D eigenvalue weighted by Crippen LogP contribution is -2.30. The van der Waals surface area contributed by atoms with E-state index in [0.717, 1.165) is 65.1 Å². The SMILES string of the molecule is Cn1cc(-c2ccc3c(c2)C(c2ccnc(N4CCc5oc(C6CC6)nc5C4)c2)=NC3)cn1. The lowest BCUT2D eigenvalue weighted by molar-refractivity contribution is 0.447. The molecule has 0 amide bonds. The predicted octanol–water partition coefficient (Wildman–Crippen LogP) is 4.26. The number of aromatic nitrogens is 4. The highest BCUT2D eigenvalue weighted by Gasteiger charge is 2.32. The Bertz CT molecular complexity index is 1410. The van der Waals surface area contributed by atoms with E-state index in [9.17, 15) is 0 Å². The number of oxazole rings is 1.